The highest BCUT2D eigenvalue weighted by Crippen LogP contribution is 2.02. The van der Waals surface area contributed by atoms with E-state index in [0.717, 1.165) is 12.8 Å². The Morgan fingerprint density at radius 1 is 1.19 bits per heavy atom. The zero-order chi connectivity index (χ0) is 12.6. The molecular weight excluding hydrogens is 228 g/mol. The maximum atomic E-state index is 11.2. The van der Waals surface area contributed by atoms with E-state index in [0.29, 0.717) is 13.0 Å². The third-order valence-electron chi connectivity index (χ3n) is 2.06. The van der Waals surface area contributed by atoms with Crippen molar-refractivity contribution in [1.82, 2.24) is 10.6 Å². The van der Waals surface area contributed by atoms with Gasteiger partial charge >= 0.3 is 0 Å². The Morgan fingerprint density at radius 2 is 1.81 bits per heavy atom. The quantitative estimate of drug-likeness (QED) is 0.461. The molecule has 92 valence electrons. The van der Waals surface area contributed by atoms with Crippen LogP contribution < -0.4 is 10.6 Å². The molecule has 0 aromatic heterocycles. The second kappa shape index (κ2) is 8.15. The number of hydrogen-bond donors (Lipinski definition) is 3. The predicted molar refractivity (Wildman–Crippen MR) is 64.5 cm³/mol. The number of ketones is 1. The van der Waals surface area contributed by atoms with E-state index in [2.05, 4.69) is 23.3 Å². The summed E-state index contributed by atoms with van der Waals surface area (Å²) in [5.74, 6) is -0.253. The maximum absolute atomic E-state index is 11.2. The normalized spacial score (nSPS) is 11.7. The van der Waals surface area contributed by atoms with Crippen LogP contribution in [0.25, 0.3) is 0 Å². The van der Waals surface area contributed by atoms with Crippen LogP contribution in [-0.4, -0.2) is 29.5 Å². The van der Waals surface area contributed by atoms with Gasteiger partial charge in [0.25, 0.3) is 5.24 Å². The van der Waals surface area contributed by atoms with E-state index in [1.165, 1.54) is 13.8 Å². The van der Waals surface area contributed by atoms with Crippen LogP contribution in [0.3, 0.4) is 0 Å². The Kier molecular flexibility index (Phi) is 7.62. The predicted octanol–water partition coefficient (Wildman–Crippen LogP) is 0.890. The summed E-state index contributed by atoms with van der Waals surface area (Å²) in [6.45, 7) is 3.38. The van der Waals surface area contributed by atoms with Crippen molar-refractivity contribution in [2.75, 3.05) is 6.54 Å². The topological polar surface area (TPSA) is 75.3 Å². The lowest BCUT2D eigenvalue weighted by Gasteiger charge is -2.14. The number of thiol groups is 1. The molecule has 16 heavy (non-hydrogen) atoms. The molecule has 0 aromatic carbocycles. The van der Waals surface area contributed by atoms with Gasteiger partial charge in [0, 0.05) is 13.5 Å². The molecular formula is C10H18N2O3S. The first kappa shape index (κ1) is 15.0. The molecule has 0 aliphatic carbocycles. The van der Waals surface area contributed by atoms with Crippen molar-refractivity contribution < 1.29 is 14.4 Å². The molecule has 0 bridgehead atoms. The van der Waals surface area contributed by atoms with Crippen LogP contribution in [0.15, 0.2) is 0 Å². The fourth-order valence-electron chi connectivity index (χ4n) is 1.29. The van der Waals surface area contributed by atoms with Crippen LogP contribution in [0.1, 0.15) is 33.1 Å². The Labute approximate surface area is 101 Å². The van der Waals surface area contributed by atoms with Crippen molar-refractivity contribution >= 4 is 29.6 Å². The molecule has 0 fully saturated rings. The minimum atomic E-state index is -0.413. The number of Topliss-reactive ketones (excluding diaryl/α,β-unsaturated/α-hetero) is 1. The Bertz CT molecular complexity index is 269. The van der Waals surface area contributed by atoms with Gasteiger partial charge in [-0.05, 0) is 26.2 Å². The first-order valence-electron chi connectivity index (χ1n) is 5.18. The van der Waals surface area contributed by atoms with Gasteiger partial charge in [-0.25, -0.2) is 0 Å². The van der Waals surface area contributed by atoms with E-state index >= 15 is 0 Å². The summed E-state index contributed by atoms with van der Waals surface area (Å²) in [7, 11) is 0. The van der Waals surface area contributed by atoms with Gasteiger partial charge in [-0.2, -0.15) is 0 Å². The number of unbranched alkanes of at least 4 members (excludes halogenated alkanes) is 1. The lowest BCUT2D eigenvalue weighted by Crippen LogP contribution is -2.38. The summed E-state index contributed by atoms with van der Waals surface area (Å²) in [4.78, 5) is 32.4. The molecule has 1 unspecified atom stereocenters. The SMILES string of the molecule is CC(=O)NC(CCCCNC(=O)S)C(C)=O. The molecule has 0 aromatic rings. The van der Waals surface area contributed by atoms with Crippen molar-refractivity contribution in [3.05, 3.63) is 0 Å². The lowest BCUT2D eigenvalue weighted by molar-refractivity contribution is -0.125. The highest BCUT2D eigenvalue weighted by molar-refractivity contribution is 7.96. The molecule has 6 heteroatoms. The molecule has 0 saturated heterocycles. The average Bonchev–Trinajstić information content (AvgIpc) is 2.14. The third kappa shape index (κ3) is 8.28. The number of hydrogen-bond acceptors (Lipinski definition) is 3. The molecule has 5 nitrogen and oxygen atoms in total. The zero-order valence-electron chi connectivity index (χ0n) is 9.58. The van der Waals surface area contributed by atoms with Gasteiger partial charge < -0.3 is 10.6 Å². The first-order valence-corrected chi connectivity index (χ1v) is 5.62. The first-order chi connectivity index (χ1) is 7.43. The van der Waals surface area contributed by atoms with Crippen molar-refractivity contribution in [1.29, 1.82) is 0 Å². The van der Waals surface area contributed by atoms with Gasteiger partial charge in [0.15, 0.2) is 5.78 Å². The summed E-state index contributed by atoms with van der Waals surface area (Å²) in [6, 6.07) is -0.413. The van der Waals surface area contributed by atoms with Crippen LogP contribution in [0.5, 0.6) is 0 Å². The number of amides is 2. The number of nitrogens with one attached hydrogen (secondary N) is 2. The highest BCUT2D eigenvalue weighted by atomic mass is 32.1. The van der Waals surface area contributed by atoms with Gasteiger partial charge in [-0.1, -0.05) is 12.6 Å². The molecule has 1 atom stereocenters. The number of rotatable bonds is 7. The largest absolute Gasteiger partial charge is 0.347 e. The third-order valence-corrected chi connectivity index (χ3v) is 2.22. The van der Waals surface area contributed by atoms with Gasteiger partial charge in [-0.15, -0.1) is 0 Å². The molecule has 0 spiro atoms. The Morgan fingerprint density at radius 3 is 2.25 bits per heavy atom. The van der Waals surface area contributed by atoms with E-state index in [-0.39, 0.29) is 16.9 Å². The van der Waals surface area contributed by atoms with Crippen molar-refractivity contribution in [3.63, 3.8) is 0 Å². The minimum absolute atomic E-state index is 0.0477. The van der Waals surface area contributed by atoms with Crippen molar-refractivity contribution in [2.24, 2.45) is 0 Å². The second-order valence-corrected chi connectivity index (χ2v) is 4.00. The van der Waals surface area contributed by atoms with Crippen LogP contribution in [0.2, 0.25) is 0 Å². The van der Waals surface area contributed by atoms with Crippen LogP contribution in [0, 0.1) is 0 Å². The van der Waals surface area contributed by atoms with Gasteiger partial charge in [-0.3, -0.25) is 14.4 Å². The molecule has 0 heterocycles. The van der Waals surface area contributed by atoms with Gasteiger partial charge in [0.2, 0.25) is 5.91 Å². The van der Waals surface area contributed by atoms with E-state index in [4.69, 9.17) is 0 Å². The Balaban J connectivity index is 3.72. The smallest absolute Gasteiger partial charge is 0.275 e. The van der Waals surface area contributed by atoms with E-state index < -0.39 is 6.04 Å². The standard InChI is InChI=1S/C10H18N2O3S/c1-7(13)9(12-8(2)14)5-3-4-6-11-10(15)16/h9H,3-6H2,1-2H3,(H,12,14)(H2,11,15,16). The maximum Gasteiger partial charge on any atom is 0.275 e. The van der Waals surface area contributed by atoms with E-state index in [1.54, 1.807) is 0 Å². The molecule has 0 aliphatic rings. The number of carbonyl (C=O) groups excluding carboxylic acids is 3. The molecule has 2 N–H and O–H groups in total. The summed E-state index contributed by atoms with van der Waals surface area (Å²) in [6.07, 6.45) is 2.12. The molecule has 0 aliphatic heterocycles. The summed E-state index contributed by atoms with van der Waals surface area (Å²) in [5.41, 5.74) is 0. The van der Waals surface area contributed by atoms with Gasteiger partial charge in [0.1, 0.15) is 0 Å². The number of carbonyl (C=O) groups is 3. The van der Waals surface area contributed by atoms with Crippen molar-refractivity contribution in [2.45, 2.75) is 39.2 Å². The highest BCUT2D eigenvalue weighted by Gasteiger charge is 2.14. The summed E-state index contributed by atoms with van der Waals surface area (Å²) >= 11 is 3.56. The average molecular weight is 246 g/mol. The molecule has 0 saturated carbocycles. The lowest BCUT2D eigenvalue weighted by atomic mass is 10.1. The van der Waals surface area contributed by atoms with Gasteiger partial charge in [0.05, 0.1) is 6.04 Å². The molecule has 2 amide bonds. The zero-order valence-corrected chi connectivity index (χ0v) is 10.5. The van der Waals surface area contributed by atoms with Crippen LogP contribution >= 0.6 is 12.6 Å². The van der Waals surface area contributed by atoms with Crippen LogP contribution in [-0.2, 0) is 9.59 Å². The van der Waals surface area contributed by atoms with Crippen molar-refractivity contribution in [3.8, 4) is 0 Å². The Hall–Kier alpha value is -1.04. The fraction of sp³-hybridized carbons (Fsp3) is 0.700. The molecule has 0 rings (SSSR count). The summed E-state index contributed by atoms with van der Waals surface area (Å²) in [5, 5.41) is 4.77. The van der Waals surface area contributed by atoms with E-state index in [9.17, 15) is 14.4 Å². The second-order valence-electron chi connectivity index (χ2n) is 3.59. The minimum Gasteiger partial charge on any atom is -0.347 e. The fourth-order valence-corrected chi connectivity index (χ4v) is 1.40. The van der Waals surface area contributed by atoms with Crippen LogP contribution in [0.4, 0.5) is 4.79 Å². The molecule has 0 radical (unpaired) electrons. The van der Waals surface area contributed by atoms with E-state index in [1.807, 2.05) is 0 Å². The summed E-state index contributed by atoms with van der Waals surface area (Å²) < 4.78 is 0. The monoisotopic (exact) mass is 246 g/mol.